The van der Waals surface area contributed by atoms with Gasteiger partial charge >= 0.3 is 5.97 Å². The fourth-order valence-corrected chi connectivity index (χ4v) is 2.03. The lowest BCUT2D eigenvalue weighted by atomic mass is 10.0. The van der Waals surface area contributed by atoms with E-state index >= 15 is 0 Å². The lowest BCUT2D eigenvalue weighted by molar-refractivity contribution is -0.144. The van der Waals surface area contributed by atoms with E-state index in [1.54, 1.807) is 32.0 Å². The van der Waals surface area contributed by atoms with E-state index in [9.17, 15) is 4.79 Å². The van der Waals surface area contributed by atoms with Gasteiger partial charge in [-0.1, -0.05) is 29.3 Å². The smallest absolute Gasteiger partial charge is 0.313 e. The van der Waals surface area contributed by atoms with Crippen molar-refractivity contribution >= 4 is 29.2 Å². The van der Waals surface area contributed by atoms with Crippen LogP contribution in [0.3, 0.4) is 0 Å². The van der Waals surface area contributed by atoms with Crippen molar-refractivity contribution in [3.63, 3.8) is 0 Å². The van der Waals surface area contributed by atoms with Crippen LogP contribution in [0.5, 0.6) is 0 Å². The second-order valence-corrected chi connectivity index (χ2v) is 3.92. The van der Waals surface area contributed by atoms with E-state index in [0.717, 1.165) is 0 Å². The van der Waals surface area contributed by atoms with Gasteiger partial charge in [0.2, 0.25) is 0 Å². The molecule has 82 valence electrons. The number of rotatable bonds is 3. The molecule has 0 spiro atoms. The monoisotopic (exact) mass is 246 g/mol. The van der Waals surface area contributed by atoms with Crippen LogP contribution in [0.4, 0.5) is 0 Å². The van der Waals surface area contributed by atoms with Crippen LogP contribution in [-0.4, -0.2) is 12.6 Å². The van der Waals surface area contributed by atoms with Gasteiger partial charge in [-0.15, -0.1) is 0 Å². The number of hydrogen-bond acceptors (Lipinski definition) is 2. The number of hydrogen-bond donors (Lipinski definition) is 0. The molecule has 1 aromatic carbocycles. The van der Waals surface area contributed by atoms with Gasteiger partial charge in [-0.05, 0) is 26.0 Å². The highest BCUT2D eigenvalue weighted by molar-refractivity contribution is 6.36. The Kier molecular flexibility index (Phi) is 4.43. The molecule has 1 rings (SSSR count). The second kappa shape index (κ2) is 5.38. The molecule has 0 unspecified atom stereocenters. The maximum atomic E-state index is 11.5. The number of carbonyl (C=O) groups is 1. The van der Waals surface area contributed by atoms with Crippen LogP contribution in [0.2, 0.25) is 10.0 Å². The van der Waals surface area contributed by atoms with Crippen molar-refractivity contribution in [1.82, 2.24) is 0 Å². The summed E-state index contributed by atoms with van der Waals surface area (Å²) in [5.74, 6) is -0.751. The predicted octanol–water partition coefficient (Wildman–Crippen LogP) is 3.66. The Balaban J connectivity index is 3.00. The van der Waals surface area contributed by atoms with Gasteiger partial charge in [0.25, 0.3) is 0 Å². The Bertz CT molecular complexity index is 343. The van der Waals surface area contributed by atoms with Gasteiger partial charge in [0.15, 0.2) is 0 Å². The van der Waals surface area contributed by atoms with Crippen LogP contribution < -0.4 is 0 Å². The molecule has 15 heavy (non-hydrogen) atoms. The Morgan fingerprint density at radius 3 is 2.40 bits per heavy atom. The molecule has 0 fully saturated rings. The molecule has 0 N–H and O–H groups in total. The molecule has 0 bridgehead atoms. The van der Waals surface area contributed by atoms with Crippen molar-refractivity contribution in [2.24, 2.45) is 0 Å². The highest BCUT2D eigenvalue weighted by Crippen LogP contribution is 2.31. The average Bonchev–Trinajstić information content (AvgIpc) is 2.17. The first-order chi connectivity index (χ1) is 7.07. The Morgan fingerprint density at radius 1 is 1.40 bits per heavy atom. The van der Waals surface area contributed by atoms with Gasteiger partial charge in [-0.2, -0.15) is 0 Å². The van der Waals surface area contributed by atoms with Crippen molar-refractivity contribution < 1.29 is 9.53 Å². The summed E-state index contributed by atoms with van der Waals surface area (Å²) in [6.07, 6.45) is 0. The quantitative estimate of drug-likeness (QED) is 0.762. The summed E-state index contributed by atoms with van der Waals surface area (Å²) >= 11 is 12.0. The first kappa shape index (κ1) is 12.3. The highest BCUT2D eigenvalue weighted by Gasteiger charge is 2.21. The lowest BCUT2D eigenvalue weighted by Gasteiger charge is -2.13. The molecule has 1 atom stereocenters. The van der Waals surface area contributed by atoms with Gasteiger partial charge in [0.1, 0.15) is 0 Å². The summed E-state index contributed by atoms with van der Waals surface area (Å²) in [7, 11) is 0. The van der Waals surface area contributed by atoms with E-state index in [2.05, 4.69) is 0 Å². The number of benzene rings is 1. The van der Waals surface area contributed by atoms with Crippen molar-refractivity contribution in [2.75, 3.05) is 6.61 Å². The fraction of sp³-hybridized carbons (Fsp3) is 0.364. The third-order valence-electron chi connectivity index (χ3n) is 2.07. The van der Waals surface area contributed by atoms with E-state index < -0.39 is 5.92 Å². The van der Waals surface area contributed by atoms with Gasteiger partial charge in [-0.3, -0.25) is 4.79 Å². The summed E-state index contributed by atoms with van der Waals surface area (Å²) < 4.78 is 4.91. The van der Waals surface area contributed by atoms with Gasteiger partial charge in [-0.25, -0.2) is 0 Å². The number of halogens is 2. The number of ether oxygens (including phenoxy) is 1. The van der Waals surface area contributed by atoms with E-state index in [-0.39, 0.29) is 5.97 Å². The molecular formula is C11H12Cl2O2. The van der Waals surface area contributed by atoms with Crippen LogP contribution in [0.1, 0.15) is 25.3 Å². The summed E-state index contributed by atoms with van der Waals surface area (Å²) in [5, 5.41) is 0.978. The average molecular weight is 247 g/mol. The zero-order chi connectivity index (χ0) is 11.4. The van der Waals surface area contributed by atoms with E-state index in [4.69, 9.17) is 27.9 Å². The molecule has 1 aromatic rings. The van der Waals surface area contributed by atoms with Crippen LogP contribution in [0.25, 0.3) is 0 Å². The molecule has 0 amide bonds. The summed E-state index contributed by atoms with van der Waals surface area (Å²) in [4.78, 5) is 11.5. The Morgan fingerprint density at radius 2 is 1.93 bits per heavy atom. The first-order valence-electron chi connectivity index (χ1n) is 4.68. The van der Waals surface area contributed by atoms with Crippen molar-refractivity contribution in [2.45, 2.75) is 19.8 Å². The molecule has 0 aromatic heterocycles. The summed E-state index contributed by atoms with van der Waals surface area (Å²) in [6.45, 7) is 3.84. The fourth-order valence-electron chi connectivity index (χ4n) is 1.31. The van der Waals surface area contributed by atoms with Gasteiger partial charge < -0.3 is 4.74 Å². The Hall–Kier alpha value is -0.730. The maximum absolute atomic E-state index is 11.5. The molecule has 0 aliphatic carbocycles. The van der Waals surface area contributed by atoms with E-state index in [1.165, 1.54) is 0 Å². The summed E-state index contributed by atoms with van der Waals surface area (Å²) in [6, 6.07) is 5.16. The van der Waals surface area contributed by atoms with Gasteiger partial charge in [0.05, 0.1) is 12.5 Å². The minimum absolute atomic E-state index is 0.312. The molecule has 0 saturated heterocycles. The molecule has 0 aliphatic rings. The molecule has 2 nitrogen and oxygen atoms in total. The predicted molar refractivity (Wildman–Crippen MR) is 61.5 cm³/mol. The van der Waals surface area contributed by atoms with Crippen molar-refractivity contribution in [1.29, 1.82) is 0 Å². The highest BCUT2D eigenvalue weighted by atomic mass is 35.5. The van der Waals surface area contributed by atoms with Gasteiger partial charge in [0, 0.05) is 15.6 Å². The molecular weight excluding hydrogens is 235 g/mol. The van der Waals surface area contributed by atoms with Crippen LogP contribution >= 0.6 is 23.2 Å². The zero-order valence-corrected chi connectivity index (χ0v) is 10.1. The summed E-state index contributed by atoms with van der Waals surface area (Å²) in [5.41, 5.74) is 0.624. The topological polar surface area (TPSA) is 26.3 Å². The Labute approximate surface area is 99.1 Å². The van der Waals surface area contributed by atoms with E-state index in [1.807, 2.05) is 0 Å². The van der Waals surface area contributed by atoms with E-state index in [0.29, 0.717) is 22.2 Å². The third-order valence-corrected chi connectivity index (χ3v) is 2.73. The zero-order valence-electron chi connectivity index (χ0n) is 8.59. The number of carbonyl (C=O) groups excluding carboxylic acids is 1. The third kappa shape index (κ3) is 2.86. The molecule has 0 saturated carbocycles. The maximum Gasteiger partial charge on any atom is 0.313 e. The lowest BCUT2D eigenvalue weighted by Crippen LogP contribution is -2.13. The van der Waals surface area contributed by atoms with Crippen molar-refractivity contribution in [3.05, 3.63) is 33.8 Å². The second-order valence-electron chi connectivity index (χ2n) is 3.11. The van der Waals surface area contributed by atoms with Crippen molar-refractivity contribution in [3.8, 4) is 0 Å². The minimum atomic E-state index is -0.439. The van der Waals surface area contributed by atoms with Crippen LogP contribution in [0, 0.1) is 0 Å². The largest absolute Gasteiger partial charge is 0.466 e. The number of esters is 1. The van der Waals surface area contributed by atoms with Crippen LogP contribution in [-0.2, 0) is 9.53 Å². The molecule has 0 heterocycles. The van der Waals surface area contributed by atoms with Crippen LogP contribution in [0.15, 0.2) is 18.2 Å². The molecule has 0 radical (unpaired) electrons. The normalized spacial score (nSPS) is 12.3. The standard InChI is InChI=1S/C11H12Cl2O2/c1-3-15-11(14)7(2)10-8(12)5-4-6-9(10)13/h4-7H,3H2,1-2H3/t7-/m0/s1. The SMILES string of the molecule is CCOC(=O)[C@@H](C)c1c(Cl)cccc1Cl. The first-order valence-corrected chi connectivity index (χ1v) is 5.44. The minimum Gasteiger partial charge on any atom is -0.466 e. The molecule has 0 aliphatic heterocycles. The molecule has 4 heteroatoms.